The number of β-amino-alcohol motifs (C(OH)–C–C–N with tert-alkyl or cyclic N) is 1. The highest BCUT2D eigenvalue weighted by Gasteiger charge is 2.46. The molecule has 1 atom stereocenters. The third-order valence-electron chi connectivity index (χ3n) is 5.43. The van der Waals surface area contributed by atoms with Crippen LogP contribution in [0.1, 0.15) is 11.1 Å². The van der Waals surface area contributed by atoms with Gasteiger partial charge in [0.05, 0.1) is 41.6 Å². The number of nitro benzene ring substituents is 1. The maximum atomic E-state index is 13.1. The molecule has 0 saturated carbocycles. The number of allylic oxidation sites excluding steroid dienone is 1. The van der Waals surface area contributed by atoms with Crippen molar-refractivity contribution in [3.63, 3.8) is 0 Å². The first-order chi connectivity index (χ1) is 15.7. The molecule has 0 bridgehead atoms. The summed E-state index contributed by atoms with van der Waals surface area (Å²) in [7, 11) is -3.13. The number of benzene rings is 2. The molecule has 1 aliphatic carbocycles. The van der Waals surface area contributed by atoms with Crippen LogP contribution in [0.5, 0.6) is 5.75 Å². The predicted molar refractivity (Wildman–Crippen MR) is 116 cm³/mol. The van der Waals surface area contributed by atoms with Crippen molar-refractivity contribution in [1.29, 1.82) is 0 Å². The van der Waals surface area contributed by atoms with Crippen LogP contribution in [0.25, 0.3) is 0 Å². The second-order valence-corrected chi connectivity index (χ2v) is 8.92. The summed E-state index contributed by atoms with van der Waals surface area (Å²) in [6.45, 7) is 0.587. The number of hydrogen-bond acceptors (Lipinski definition) is 9. The molecular weight excluding hydrogens is 454 g/mol. The van der Waals surface area contributed by atoms with E-state index in [0.717, 1.165) is 6.07 Å². The topological polar surface area (TPSA) is 152 Å². The quantitative estimate of drug-likeness (QED) is 0.463. The third-order valence-corrected chi connectivity index (χ3v) is 6.72. The van der Waals surface area contributed by atoms with Gasteiger partial charge >= 0.3 is 5.69 Å². The number of nitrogens with zero attached hydrogens (tertiary/aromatic N) is 3. The van der Waals surface area contributed by atoms with Crippen LogP contribution < -0.4 is 4.74 Å². The van der Waals surface area contributed by atoms with Gasteiger partial charge in [0.1, 0.15) is 0 Å². The molecule has 174 valence electrons. The maximum Gasteiger partial charge on any atom is 0.312 e. The average Bonchev–Trinajstić information content (AvgIpc) is 2.80. The normalized spacial score (nSPS) is 21.2. The summed E-state index contributed by atoms with van der Waals surface area (Å²) in [6.07, 6.45) is 1.40. The minimum absolute atomic E-state index is 0.0252. The fourth-order valence-electron chi connectivity index (χ4n) is 3.91. The molecular formula is C21H21N3O8S. The van der Waals surface area contributed by atoms with Crippen molar-refractivity contribution in [3.05, 3.63) is 75.5 Å². The Balaban J connectivity index is 1.88. The van der Waals surface area contributed by atoms with E-state index in [-0.39, 0.29) is 41.8 Å². The lowest BCUT2D eigenvalue weighted by Gasteiger charge is -2.45. The number of sulfonamides is 1. The van der Waals surface area contributed by atoms with E-state index in [1.54, 1.807) is 29.2 Å². The standard InChI is InChI=1S/C21H21N3O8S/c1-31-19-7-6-14(12-18(19)24(27)28)33(29,30)22-17-13-20-21(26,16-5-3-2-4-15(16)17)32-11-9-23(20)8-10-25/h2-7,12-13,25-26H,8-11H2,1H3/t21-/m1/s1. The number of aliphatic hydroxyl groups is 2. The molecule has 1 heterocycles. The van der Waals surface area contributed by atoms with E-state index in [0.29, 0.717) is 17.7 Å². The minimum atomic E-state index is -4.38. The molecule has 0 amide bonds. The average molecular weight is 475 g/mol. The Kier molecular flexibility index (Phi) is 5.93. The van der Waals surface area contributed by atoms with Gasteiger partial charge in [0.15, 0.2) is 5.75 Å². The van der Waals surface area contributed by atoms with E-state index in [4.69, 9.17) is 9.47 Å². The van der Waals surface area contributed by atoms with Crippen molar-refractivity contribution in [1.82, 2.24) is 4.90 Å². The molecule has 2 aliphatic rings. The molecule has 1 aliphatic heterocycles. The molecule has 0 radical (unpaired) electrons. The van der Waals surface area contributed by atoms with E-state index in [1.165, 1.54) is 25.3 Å². The molecule has 2 aromatic rings. The molecule has 1 saturated heterocycles. The maximum absolute atomic E-state index is 13.1. The summed E-state index contributed by atoms with van der Waals surface area (Å²) in [6, 6.07) is 9.78. The highest BCUT2D eigenvalue weighted by molar-refractivity contribution is 7.90. The second kappa shape index (κ2) is 8.56. The molecule has 11 nitrogen and oxygen atoms in total. The van der Waals surface area contributed by atoms with Crippen LogP contribution in [0, 0.1) is 10.1 Å². The Hall–Kier alpha value is -3.32. The van der Waals surface area contributed by atoms with Gasteiger partial charge in [0, 0.05) is 30.3 Å². The van der Waals surface area contributed by atoms with E-state index in [9.17, 15) is 28.7 Å². The summed E-state index contributed by atoms with van der Waals surface area (Å²) in [4.78, 5) is 11.9. The Morgan fingerprint density at radius 2 is 2.06 bits per heavy atom. The number of hydrogen-bond donors (Lipinski definition) is 2. The van der Waals surface area contributed by atoms with Crippen molar-refractivity contribution < 1.29 is 33.0 Å². The van der Waals surface area contributed by atoms with Crippen molar-refractivity contribution >= 4 is 21.4 Å². The van der Waals surface area contributed by atoms with E-state index in [2.05, 4.69) is 4.40 Å². The lowest BCUT2D eigenvalue weighted by atomic mass is 9.86. The van der Waals surface area contributed by atoms with E-state index < -0.39 is 26.4 Å². The lowest BCUT2D eigenvalue weighted by molar-refractivity contribution is -0.386. The molecule has 0 unspecified atom stereocenters. The van der Waals surface area contributed by atoms with Crippen LogP contribution in [-0.4, -0.2) is 67.6 Å². The molecule has 0 spiro atoms. The number of rotatable bonds is 6. The van der Waals surface area contributed by atoms with Crippen LogP contribution in [0.15, 0.2) is 63.5 Å². The number of morpholine rings is 1. The highest BCUT2D eigenvalue weighted by atomic mass is 32.2. The van der Waals surface area contributed by atoms with Crippen LogP contribution >= 0.6 is 0 Å². The number of fused-ring (bicyclic) bond motifs is 3. The zero-order chi connectivity index (χ0) is 23.8. The second-order valence-electron chi connectivity index (χ2n) is 7.32. The number of methoxy groups -OCH3 is 1. The number of nitro groups is 1. The molecule has 0 aromatic heterocycles. The summed E-state index contributed by atoms with van der Waals surface area (Å²) in [5.74, 6) is -1.91. The summed E-state index contributed by atoms with van der Waals surface area (Å²) >= 11 is 0. The van der Waals surface area contributed by atoms with Crippen molar-refractivity contribution in [2.24, 2.45) is 4.40 Å². The van der Waals surface area contributed by atoms with Crippen LogP contribution in [-0.2, 0) is 20.5 Å². The van der Waals surface area contributed by atoms with Crippen molar-refractivity contribution in [3.8, 4) is 5.75 Å². The van der Waals surface area contributed by atoms with E-state index in [1.807, 2.05) is 0 Å². The first-order valence-corrected chi connectivity index (χ1v) is 11.4. The Bertz CT molecular complexity index is 1270. The van der Waals surface area contributed by atoms with Gasteiger partial charge in [0.25, 0.3) is 10.0 Å². The number of aliphatic hydroxyl groups excluding tert-OH is 1. The van der Waals surface area contributed by atoms with Crippen molar-refractivity contribution in [2.45, 2.75) is 10.7 Å². The van der Waals surface area contributed by atoms with Crippen LogP contribution in [0.3, 0.4) is 0 Å². The lowest BCUT2D eigenvalue weighted by Crippen LogP contribution is -2.50. The van der Waals surface area contributed by atoms with Gasteiger partial charge in [-0.05, 0) is 18.2 Å². The fraction of sp³-hybridized carbons (Fsp3) is 0.286. The summed E-state index contributed by atoms with van der Waals surface area (Å²) < 4.78 is 40.8. The van der Waals surface area contributed by atoms with E-state index >= 15 is 0 Å². The smallest absolute Gasteiger partial charge is 0.312 e. The van der Waals surface area contributed by atoms with Gasteiger partial charge in [-0.1, -0.05) is 24.3 Å². The Labute approximate surface area is 189 Å². The molecule has 2 aromatic carbocycles. The van der Waals surface area contributed by atoms with Gasteiger partial charge in [-0.25, -0.2) is 0 Å². The Morgan fingerprint density at radius 1 is 1.30 bits per heavy atom. The van der Waals surface area contributed by atoms with Crippen molar-refractivity contribution in [2.75, 3.05) is 33.4 Å². The fourth-order valence-corrected chi connectivity index (χ4v) is 4.93. The summed E-state index contributed by atoms with van der Waals surface area (Å²) in [5, 5.41) is 32.1. The first kappa shape index (κ1) is 22.9. The molecule has 2 N–H and O–H groups in total. The molecule has 1 fully saturated rings. The molecule has 4 rings (SSSR count). The zero-order valence-electron chi connectivity index (χ0n) is 17.5. The van der Waals surface area contributed by atoms with Gasteiger partial charge in [-0.3, -0.25) is 10.1 Å². The van der Waals surface area contributed by atoms with Gasteiger partial charge in [-0.2, -0.15) is 12.8 Å². The monoisotopic (exact) mass is 475 g/mol. The molecule has 33 heavy (non-hydrogen) atoms. The number of ether oxygens (including phenoxy) is 2. The largest absolute Gasteiger partial charge is 0.490 e. The summed E-state index contributed by atoms with van der Waals surface area (Å²) in [5.41, 5.74) is 0.402. The van der Waals surface area contributed by atoms with Gasteiger partial charge in [-0.15, -0.1) is 0 Å². The molecule has 12 heteroatoms. The first-order valence-electron chi connectivity index (χ1n) is 9.93. The van der Waals surface area contributed by atoms with Crippen LogP contribution in [0.2, 0.25) is 0 Å². The van der Waals surface area contributed by atoms with Gasteiger partial charge in [0.2, 0.25) is 5.79 Å². The zero-order valence-corrected chi connectivity index (χ0v) is 18.4. The minimum Gasteiger partial charge on any atom is -0.490 e. The third kappa shape index (κ3) is 3.97. The SMILES string of the molecule is COc1ccc(S(=O)(=O)N=C2C=C3N(CCO)CCO[C@]3(O)c3ccccc32)cc1[N+](=O)[O-]. The predicted octanol–water partition coefficient (Wildman–Crippen LogP) is 1.15. The van der Waals surface area contributed by atoms with Crippen LogP contribution in [0.4, 0.5) is 5.69 Å². The van der Waals surface area contributed by atoms with Gasteiger partial charge < -0.3 is 24.6 Å². The highest BCUT2D eigenvalue weighted by Crippen LogP contribution is 2.41. The Morgan fingerprint density at radius 3 is 2.76 bits per heavy atom.